The van der Waals surface area contributed by atoms with Gasteiger partial charge in [0, 0.05) is 33.0 Å². The van der Waals surface area contributed by atoms with E-state index < -0.39 is 6.04 Å². The van der Waals surface area contributed by atoms with Crippen molar-refractivity contribution in [3.8, 4) is 0 Å². The number of benzene rings is 2. The minimum absolute atomic E-state index is 0.118. The maximum Gasteiger partial charge on any atom is 0.243 e. The van der Waals surface area contributed by atoms with E-state index in [2.05, 4.69) is 5.32 Å². The summed E-state index contributed by atoms with van der Waals surface area (Å²) in [6.45, 7) is 7.02. The van der Waals surface area contributed by atoms with E-state index in [1.165, 1.54) is 6.92 Å². The highest BCUT2D eigenvalue weighted by atomic mass is 16.5. The molecule has 1 atom stereocenters. The van der Waals surface area contributed by atoms with E-state index in [0.29, 0.717) is 26.1 Å². The molecule has 0 heterocycles. The van der Waals surface area contributed by atoms with E-state index in [4.69, 9.17) is 4.74 Å². The number of hydrogen-bond donors (Lipinski definition) is 1. The zero-order chi connectivity index (χ0) is 21.1. The molecule has 2 rings (SSSR count). The van der Waals surface area contributed by atoms with Gasteiger partial charge in [-0.2, -0.15) is 0 Å². The second-order valence-corrected chi connectivity index (χ2v) is 7.40. The van der Waals surface area contributed by atoms with Crippen LogP contribution in [0.25, 0.3) is 0 Å². The fourth-order valence-corrected chi connectivity index (χ4v) is 3.12. The van der Waals surface area contributed by atoms with Gasteiger partial charge in [0.2, 0.25) is 11.8 Å². The van der Waals surface area contributed by atoms with Crippen LogP contribution in [0.1, 0.15) is 38.3 Å². The fraction of sp³-hybridized carbons (Fsp3) is 0.417. The molecule has 5 heteroatoms. The van der Waals surface area contributed by atoms with Gasteiger partial charge in [-0.15, -0.1) is 0 Å². The molecule has 29 heavy (non-hydrogen) atoms. The van der Waals surface area contributed by atoms with Gasteiger partial charge in [-0.1, -0.05) is 60.7 Å². The molecule has 0 saturated heterocycles. The van der Waals surface area contributed by atoms with E-state index in [1.807, 2.05) is 74.5 Å². The van der Waals surface area contributed by atoms with Crippen LogP contribution in [0.4, 0.5) is 0 Å². The second-order valence-electron chi connectivity index (χ2n) is 7.40. The third-order valence-corrected chi connectivity index (χ3v) is 4.62. The predicted molar refractivity (Wildman–Crippen MR) is 115 cm³/mol. The van der Waals surface area contributed by atoms with Crippen LogP contribution >= 0.6 is 0 Å². The Bertz CT molecular complexity index is 747. The number of amides is 2. The highest BCUT2D eigenvalue weighted by Crippen LogP contribution is 2.14. The Hall–Kier alpha value is -2.66. The Balaban J connectivity index is 2.11. The summed E-state index contributed by atoms with van der Waals surface area (Å²) in [4.78, 5) is 27.2. The van der Waals surface area contributed by atoms with Crippen molar-refractivity contribution in [1.29, 1.82) is 0 Å². The van der Waals surface area contributed by atoms with Gasteiger partial charge in [0.25, 0.3) is 0 Å². The quantitative estimate of drug-likeness (QED) is 0.591. The molecule has 156 valence electrons. The Morgan fingerprint density at radius 2 is 1.55 bits per heavy atom. The third-order valence-electron chi connectivity index (χ3n) is 4.62. The SMILES string of the molecule is CC(=O)N(Cc1ccccc1)[C@@H](Cc1ccccc1)C(=O)NCCCOC(C)C. The van der Waals surface area contributed by atoms with Crippen molar-refractivity contribution in [2.75, 3.05) is 13.2 Å². The number of nitrogens with one attached hydrogen (secondary N) is 1. The van der Waals surface area contributed by atoms with E-state index in [1.54, 1.807) is 4.90 Å². The molecule has 0 radical (unpaired) electrons. The molecular formula is C24H32N2O3. The molecule has 0 unspecified atom stereocenters. The lowest BCUT2D eigenvalue weighted by Crippen LogP contribution is -2.50. The number of rotatable bonds is 11. The van der Waals surface area contributed by atoms with Gasteiger partial charge in [0.1, 0.15) is 6.04 Å². The van der Waals surface area contributed by atoms with Crippen molar-refractivity contribution in [3.63, 3.8) is 0 Å². The first-order chi connectivity index (χ1) is 14.0. The summed E-state index contributed by atoms with van der Waals surface area (Å²) in [5.74, 6) is -0.252. The van der Waals surface area contributed by atoms with E-state index in [0.717, 1.165) is 17.5 Å². The number of ether oxygens (including phenoxy) is 1. The predicted octanol–water partition coefficient (Wildman–Crippen LogP) is 3.58. The van der Waals surface area contributed by atoms with Crippen LogP contribution in [0, 0.1) is 0 Å². The molecule has 0 aromatic heterocycles. The van der Waals surface area contributed by atoms with Gasteiger partial charge < -0.3 is 15.0 Å². The topological polar surface area (TPSA) is 58.6 Å². The minimum atomic E-state index is -0.568. The first-order valence-corrected chi connectivity index (χ1v) is 10.2. The zero-order valence-electron chi connectivity index (χ0n) is 17.6. The van der Waals surface area contributed by atoms with Crippen LogP contribution in [0.15, 0.2) is 60.7 Å². The van der Waals surface area contributed by atoms with Crippen LogP contribution in [0.2, 0.25) is 0 Å². The van der Waals surface area contributed by atoms with Crippen LogP contribution < -0.4 is 5.32 Å². The van der Waals surface area contributed by atoms with Crippen LogP contribution in [-0.4, -0.2) is 42.0 Å². The first-order valence-electron chi connectivity index (χ1n) is 10.2. The molecule has 0 aliphatic rings. The third kappa shape index (κ3) is 8.08. The highest BCUT2D eigenvalue weighted by molar-refractivity contribution is 5.87. The number of nitrogens with zero attached hydrogens (tertiary/aromatic N) is 1. The Kier molecular flexibility index (Phi) is 9.38. The zero-order valence-corrected chi connectivity index (χ0v) is 17.6. The minimum Gasteiger partial charge on any atom is -0.379 e. The summed E-state index contributed by atoms with van der Waals surface area (Å²) in [7, 11) is 0. The van der Waals surface area contributed by atoms with E-state index in [-0.39, 0.29) is 17.9 Å². The largest absolute Gasteiger partial charge is 0.379 e. The van der Waals surface area contributed by atoms with Crippen molar-refractivity contribution in [2.45, 2.75) is 52.3 Å². The molecular weight excluding hydrogens is 364 g/mol. The van der Waals surface area contributed by atoms with Gasteiger partial charge in [0.15, 0.2) is 0 Å². The Morgan fingerprint density at radius 3 is 2.10 bits per heavy atom. The second kappa shape index (κ2) is 12.0. The van der Waals surface area contributed by atoms with Gasteiger partial charge >= 0.3 is 0 Å². The van der Waals surface area contributed by atoms with Crippen molar-refractivity contribution in [3.05, 3.63) is 71.8 Å². The molecule has 0 aliphatic carbocycles. The summed E-state index contributed by atoms with van der Waals surface area (Å²) in [6, 6.07) is 19.0. The Labute approximate surface area is 174 Å². The summed E-state index contributed by atoms with van der Waals surface area (Å²) in [6.07, 6.45) is 1.39. The van der Waals surface area contributed by atoms with Crippen molar-refractivity contribution < 1.29 is 14.3 Å². The molecule has 0 spiro atoms. The van der Waals surface area contributed by atoms with Crippen molar-refractivity contribution in [2.24, 2.45) is 0 Å². The molecule has 0 fully saturated rings. The molecule has 2 amide bonds. The maximum absolute atomic E-state index is 13.0. The lowest BCUT2D eigenvalue weighted by Gasteiger charge is -2.30. The molecule has 0 bridgehead atoms. The lowest BCUT2D eigenvalue weighted by atomic mass is 10.0. The summed E-state index contributed by atoms with van der Waals surface area (Å²) >= 11 is 0. The standard InChI is InChI=1S/C24H32N2O3/c1-19(2)29-16-10-15-25-24(28)23(17-21-11-6-4-7-12-21)26(20(3)27)18-22-13-8-5-9-14-22/h4-9,11-14,19,23H,10,15-18H2,1-3H3,(H,25,28)/t23-/m0/s1. The molecule has 2 aromatic carbocycles. The molecule has 2 aromatic rings. The maximum atomic E-state index is 13.0. The van der Waals surface area contributed by atoms with Gasteiger partial charge in [-0.25, -0.2) is 0 Å². The van der Waals surface area contributed by atoms with Crippen LogP contribution in [0.5, 0.6) is 0 Å². The smallest absolute Gasteiger partial charge is 0.243 e. The number of carbonyl (C=O) groups is 2. The van der Waals surface area contributed by atoms with Gasteiger partial charge in [-0.05, 0) is 31.4 Å². The molecule has 0 saturated carbocycles. The molecule has 0 aliphatic heterocycles. The Morgan fingerprint density at radius 1 is 0.966 bits per heavy atom. The van der Waals surface area contributed by atoms with Gasteiger partial charge in [-0.3, -0.25) is 9.59 Å². The van der Waals surface area contributed by atoms with Crippen molar-refractivity contribution >= 4 is 11.8 Å². The average Bonchev–Trinajstić information content (AvgIpc) is 2.71. The molecule has 1 N–H and O–H groups in total. The normalized spacial score (nSPS) is 11.9. The van der Waals surface area contributed by atoms with E-state index >= 15 is 0 Å². The van der Waals surface area contributed by atoms with E-state index in [9.17, 15) is 9.59 Å². The number of carbonyl (C=O) groups excluding carboxylic acids is 2. The lowest BCUT2D eigenvalue weighted by molar-refractivity contribution is -0.139. The van der Waals surface area contributed by atoms with Gasteiger partial charge in [0.05, 0.1) is 6.10 Å². The van der Waals surface area contributed by atoms with Crippen LogP contribution in [-0.2, 0) is 27.3 Å². The fourth-order valence-electron chi connectivity index (χ4n) is 3.12. The summed E-state index contributed by atoms with van der Waals surface area (Å²) in [5.41, 5.74) is 2.02. The monoisotopic (exact) mass is 396 g/mol. The van der Waals surface area contributed by atoms with Crippen LogP contribution in [0.3, 0.4) is 0 Å². The average molecular weight is 397 g/mol. The first kappa shape index (κ1) is 22.6. The molecule has 5 nitrogen and oxygen atoms in total. The highest BCUT2D eigenvalue weighted by Gasteiger charge is 2.28. The summed E-state index contributed by atoms with van der Waals surface area (Å²) < 4.78 is 5.53. The summed E-state index contributed by atoms with van der Waals surface area (Å²) in [5, 5.41) is 2.99. The number of hydrogen-bond acceptors (Lipinski definition) is 3. The van der Waals surface area contributed by atoms with Crippen molar-refractivity contribution in [1.82, 2.24) is 10.2 Å².